The zero-order valence-corrected chi connectivity index (χ0v) is 15.4. The minimum atomic E-state index is -0.247. The molecule has 0 saturated heterocycles. The molecule has 1 aromatic rings. The second-order valence-electron chi connectivity index (χ2n) is 6.81. The highest BCUT2D eigenvalue weighted by atomic mass is 16.3. The molecule has 0 atom stereocenters. The number of carbonyl (C=O) groups excluding carboxylic acids is 1. The van der Waals surface area contributed by atoms with E-state index in [1.54, 1.807) is 12.1 Å². The minimum Gasteiger partial charge on any atom is -0.508 e. The standard InChI is InChI=1S/C18H30N4O2/c1-6-19-17(22(5)13-16(24)21-18(2,3)4)20-11-10-14-8-7-9-15(23)12-14/h7-9,12,23H,6,10-11,13H2,1-5H3,(H,19,20)(H,21,24). The summed E-state index contributed by atoms with van der Waals surface area (Å²) in [6.45, 7) is 9.43. The lowest BCUT2D eigenvalue weighted by molar-refractivity contribution is -0.122. The molecule has 0 saturated carbocycles. The predicted molar refractivity (Wildman–Crippen MR) is 98.3 cm³/mol. The first-order chi connectivity index (χ1) is 11.2. The van der Waals surface area contributed by atoms with E-state index < -0.39 is 0 Å². The molecule has 0 spiro atoms. The SMILES string of the molecule is CCNC(=NCCc1cccc(O)c1)N(C)CC(=O)NC(C)(C)C. The Morgan fingerprint density at radius 1 is 1.33 bits per heavy atom. The van der Waals surface area contributed by atoms with Crippen molar-refractivity contribution in [3.63, 3.8) is 0 Å². The van der Waals surface area contributed by atoms with Crippen LogP contribution in [-0.4, -0.2) is 54.1 Å². The Kier molecular flexibility index (Phi) is 7.55. The van der Waals surface area contributed by atoms with E-state index in [2.05, 4.69) is 15.6 Å². The molecular formula is C18H30N4O2. The molecule has 0 radical (unpaired) electrons. The Hall–Kier alpha value is -2.24. The Bertz CT molecular complexity index is 564. The summed E-state index contributed by atoms with van der Waals surface area (Å²) >= 11 is 0. The number of carbonyl (C=O) groups is 1. The van der Waals surface area contributed by atoms with Gasteiger partial charge in [0.1, 0.15) is 5.75 Å². The van der Waals surface area contributed by atoms with Crippen molar-refractivity contribution in [2.45, 2.75) is 39.7 Å². The number of likely N-dealkylation sites (N-methyl/N-ethyl adjacent to an activating group) is 1. The van der Waals surface area contributed by atoms with Crippen LogP contribution >= 0.6 is 0 Å². The normalized spacial score (nSPS) is 12.0. The van der Waals surface area contributed by atoms with Gasteiger partial charge >= 0.3 is 0 Å². The fourth-order valence-corrected chi connectivity index (χ4v) is 2.22. The van der Waals surface area contributed by atoms with Crippen molar-refractivity contribution in [1.82, 2.24) is 15.5 Å². The van der Waals surface area contributed by atoms with Gasteiger partial charge in [0, 0.05) is 25.7 Å². The van der Waals surface area contributed by atoms with Crippen LogP contribution < -0.4 is 10.6 Å². The van der Waals surface area contributed by atoms with Gasteiger partial charge in [0.05, 0.1) is 6.54 Å². The first-order valence-corrected chi connectivity index (χ1v) is 8.29. The second-order valence-corrected chi connectivity index (χ2v) is 6.81. The van der Waals surface area contributed by atoms with Crippen LogP contribution in [0.2, 0.25) is 0 Å². The zero-order valence-electron chi connectivity index (χ0n) is 15.4. The van der Waals surface area contributed by atoms with Crippen LogP contribution in [0.4, 0.5) is 0 Å². The number of aliphatic imine (C=N–C) groups is 1. The van der Waals surface area contributed by atoms with E-state index in [-0.39, 0.29) is 23.7 Å². The molecule has 6 nitrogen and oxygen atoms in total. The third kappa shape index (κ3) is 7.85. The van der Waals surface area contributed by atoms with Crippen LogP contribution in [0.25, 0.3) is 0 Å². The number of benzene rings is 1. The average Bonchev–Trinajstić information content (AvgIpc) is 2.44. The Balaban J connectivity index is 2.62. The van der Waals surface area contributed by atoms with Gasteiger partial charge in [-0.15, -0.1) is 0 Å². The molecule has 24 heavy (non-hydrogen) atoms. The summed E-state index contributed by atoms with van der Waals surface area (Å²) in [6.07, 6.45) is 0.728. The lowest BCUT2D eigenvalue weighted by Gasteiger charge is -2.25. The smallest absolute Gasteiger partial charge is 0.240 e. The summed E-state index contributed by atoms with van der Waals surface area (Å²) < 4.78 is 0. The summed E-state index contributed by atoms with van der Waals surface area (Å²) in [4.78, 5) is 18.4. The largest absolute Gasteiger partial charge is 0.508 e. The van der Waals surface area contributed by atoms with Crippen molar-refractivity contribution in [3.8, 4) is 5.75 Å². The summed E-state index contributed by atoms with van der Waals surface area (Å²) in [5, 5.41) is 15.6. The Labute approximate surface area is 145 Å². The van der Waals surface area contributed by atoms with E-state index in [4.69, 9.17) is 0 Å². The fourth-order valence-electron chi connectivity index (χ4n) is 2.22. The van der Waals surface area contributed by atoms with Gasteiger partial charge in [-0.25, -0.2) is 0 Å². The highest BCUT2D eigenvalue weighted by Gasteiger charge is 2.16. The predicted octanol–water partition coefficient (Wildman–Crippen LogP) is 1.75. The quantitative estimate of drug-likeness (QED) is 0.547. The molecule has 1 aromatic carbocycles. The third-order valence-corrected chi connectivity index (χ3v) is 3.16. The van der Waals surface area contributed by atoms with Crippen LogP contribution in [0.1, 0.15) is 33.3 Å². The third-order valence-electron chi connectivity index (χ3n) is 3.16. The molecule has 1 amide bonds. The lowest BCUT2D eigenvalue weighted by Crippen LogP contribution is -2.48. The van der Waals surface area contributed by atoms with Gasteiger partial charge in [-0.05, 0) is 51.8 Å². The molecule has 6 heteroatoms. The molecule has 1 rings (SSSR count). The number of phenols is 1. The number of guanidine groups is 1. The van der Waals surface area contributed by atoms with E-state index in [0.717, 1.165) is 18.5 Å². The summed E-state index contributed by atoms with van der Waals surface area (Å²) in [6, 6.07) is 7.17. The van der Waals surface area contributed by atoms with E-state index >= 15 is 0 Å². The van der Waals surface area contributed by atoms with E-state index in [1.165, 1.54) is 0 Å². The van der Waals surface area contributed by atoms with E-state index in [0.29, 0.717) is 12.5 Å². The molecule has 0 aliphatic carbocycles. The van der Waals surface area contributed by atoms with E-state index in [1.807, 2.05) is 51.8 Å². The van der Waals surface area contributed by atoms with Gasteiger partial charge in [-0.2, -0.15) is 0 Å². The summed E-state index contributed by atoms with van der Waals surface area (Å²) in [7, 11) is 1.85. The number of amides is 1. The topological polar surface area (TPSA) is 77.0 Å². The number of hydrogen-bond acceptors (Lipinski definition) is 3. The molecule has 134 valence electrons. The molecule has 0 heterocycles. The van der Waals surface area contributed by atoms with Crippen LogP contribution in [0.5, 0.6) is 5.75 Å². The monoisotopic (exact) mass is 334 g/mol. The number of hydrogen-bond donors (Lipinski definition) is 3. The molecular weight excluding hydrogens is 304 g/mol. The highest BCUT2D eigenvalue weighted by Crippen LogP contribution is 2.11. The maximum atomic E-state index is 12.0. The maximum Gasteiger partial charge on any atom is 0.240 e. The van der Waals surface area contributed by atoms with Crippen LogP contribution in [0, 0.1) is 0 Å². The number of nitrogens with zero attached hydrogens (tertiary/aromatic N) is 2. The molecule has 0 unspecified atom stereocenters. The first kappa shape index (κ1) is 19.8. The molecule has 0 bridgehead atoms. The van der Waals surface area contributed by atoms with Gasteiger partial charge in [-0.3, -0.25) is 9.79 Å². The molecule has 3 N–H and O–H groups in total. The van der Waals surface area contributed by atoms with Crippen molar-refractivity contribution in [1.29, 1.82) is 0 Å². The second kappa shape index (κ2) is 9.15. The summed E-state index contributed by atoms with van der Waals surface area (Å²) in [5.74, 6) is 0.921. The summed E-state index contributed by atoms with van der Waals surface area (Å²) in [5.41, 5.74) is 0.783. The minimum absolute atomic E-state index is 0.0383. The van der Waals surface area contributed by atoms with Crippen LogP contribution in [-0.2, 0) is 11.2 Å². The first-order valence-electron chi connectivity index (χ1n) is 8.29. The molecule has 0 aliphatic rings. The van der Waals surface area contributed by atoms with Gasteiger partial charge in [0.15, 0.2) is 5.96 Å². The van der Waals surface area contributed by atoms with Crippen molar-refractivity contribution in [3.05, 3.63) is 29.8 Å². The molecule has 0 fully saturated rings. The van der Waals surface area contributed by atoms with Crippen molar-refractivity contribution in [2.24, 2.45) is 4.99 Å². The van der Waals surface area contributed by atoms with Crippen molar-refractivity contribution >= 4 is 11.9 Å². The number of rotatable bonds is 6. The van der Waals surface area contributed by atoms with Gasteiger partial charge < -0.3 is 20.6 Å². The van der Waals surface area contributed by atoms with Crippen LogP contribution in [0.15, 0.2) is 29.3 Å². The van der Waals surface area contributed by atoms with Gasteiger partial charge in [0.2, 0.25) is 5.91 Å². The van der Waals surface area contributed by atoms with Crippen molar-refractivity contribution in [2.75, 3.05) is 26.7 Å². The van der Waals surface area contributed by atoms with Crippen molar-refractivity contribution < 1.29 is 9.90 Å². The number of nitrogens with one attached hydrogen (secondary N) is 2. The Morgan fingerprint density at radius 3 is 2.62 bits per heavy atom. The number of phenolic OH excluding ortho intramolecular Hbond substituents is 1. The zero-order chi connectivity index (χ0) is 18.2. The molecule has 0 aromatic heterocycles. The lowest BCUT2D eigenvalue weighted by atomic mass is 10.1. The maximum absolute atomic E-state index is 12.0. The Morgan fingerprint density at radius 2 is 2.04 bits per heavy atom. The van der Waals surface area contributed by atoms with Gasteiger partial charge in [-0.1, -0.05) is 12.1 Å². The number of aromatic hydroxyl groups is 1. The molecule has 0 aliphatic heterocycles. The highest BCUT2D eigenvalue weighted by molar-refractivity contribution is 5.86. The van der Waals surface area contributed by atoms with Crippen LogP contribution in [0.3, 0.4) is 0 Å². The van der Waals surface area contributed by atoms with E-state index in [9.17, 15) is 9.90 Å². The van der Waals surface area contributed by atoms with Gasteiger partial charge in [0.25, 0.3) is 0 Å². The fraction of sp³-hybridized carbons (Fsp3) is 0.556. The average molecular weight is 334 g/mol.